The smallest absolute Gasteiger partial charge is 0.216 e. The van der Waals surface area contributed by atoms with Crippen LogP contribution in [0.25, 0.3) is 0 Å². The first-order valence-electron chi connectivity index (χ1n) is 7.98. The van der Waals surface area contributed by atoms with Gasteiger partial charge in [0.15, 0.2) is 0 Å². The third-order valence-electron chi connectivity index (χ3n) is 4.29. The lowest BCUT2D eigenvalue weighted by molar-refractivity contribution is 0.414. The molecular weight excluding hydrogens is 360 g/mol. The van der Waals surface area contributed by atoms with Crippen molar-refractivity contribution in [3.8, 4) is 5.75 Å². The number of ether oxygens (including phenoxy) is 1. The molecule has 0 aliphatic heterocycles. The van der Waals surface area contributed by atoms with E-state index in [0.717, 1.165) is 30.4 Å². The van der Waals surface area contributed by atoms with Crippen LogP contribution in [0.2, 0.25) is 0 Å². The van der Waals surface area contributed by atoms with Crippen LogP contribution in [0.1, 0.15) is 35.6 Å². The van der Waals surface area contributed by atoms with Crippen LogP contribution < -0.4 is 15.2 Å². The Bertz CT molecular complexity index is 840. The highest BCUT2D eigenvalue weighted by Gasteiger charge is 2.25. The maximum Gasteiger partial charge on any atom is 0.216 e. The lowest BCUT2D eigenvalue weighted by Gasteiger charge is -2.26. The number of nitrogen functional groups attached to an aromatic ring is 1. The van der Waals surface area contributed by atoms with Crippen molar-refractivity contribution < 1.29 is 13.2 Å². The number of nitrogens with one attached hydrogen (secondary N) is 1. The van der Waals surface area contributed by atoms with Crippen LogP contribution in [0.15, 0.2) is 42.5 Å². The van der Waals surface area contributed by atoms with E-state index in [1.807, 2.05) is 18.2 Å². The Kier molecular flexibility index (Phi) is 6.32. The normalized spacial score (nSPS) is 16.6. The van der Waals surface area contributed by atoms with E-state index in [1.165, 1.54) is 0 Å². The van der Waals surface area contributed by atoms with Crippen LogP contribution in [-0.2, 0) is 22.2 Å². The zero-order valence-corrected chi connectivity index (χ0v) is 15.7. The highest BCUT2D eigenvalue weighted by molar-refractivity contribution is 7.88. The van der Waals surface area contributed by atoms with Crippen molar-refractivity contribution in [2.45, 2.75) is 31.1 Å². The fourth-order valence-corrected chi connectivity index (χ4v) is 4.58. The summed E-state index contributed by atoms with van der Waals surface area (Å²) < 4.78 is 33.1. The van der Waals surface area contributed by atoms with Gasteiger partial charge in [-0.05, 0) is 60.2 Å². The Morgan fingerprint density at radius 2 is 2.04 bits per heavy atom. The van der Waals surface area contributed by atoms with E-state index in [0.29, 0.717) is 17.0 Å². The van der Waals surface area contributed by atoms with E-state index in [1.54, 1.807) is 31.4 Å². The van der Waals surface area contributed by atoms with Crippen LogP contribution >= 0.6 is 12.4 Å². The van der Waals surface area contributed by atoms with Crippen molar-refractivity contribution in [1.82, 2.24) is 4.72 Å². The number of halogens is 1. The van der Waals surface area contributed by atoms with Gasteiger partial charge in [0.1, 0.15) is 5.75 Å². The van der Waals surface area contributed by atoms with Gasteiger partial charge in [0.05, 0.1) is 12.9 Å². The quantitative estimate of drug-likeness (QED) is 0.778. The van der Waals surface area contributed by atoms with Crippen molar-refractivity contribution in [3.05, 3.63) is 59.2 Å². The maximum atomic E-state index is 12.6. The number of methoxy groups -OCH3 is 1. The van der Waals surface area contributed by atoms with Gasteiger partial charge in [-0.25, -0.2) is 13.1 Å². The molecule has 136 valence electrons. The standard InChI is InChI=1S/C18H22N2O3S.ClH/c1-23-16-6-2-4-13(10-16)12-24(21,22)20-18-7-3-5-14-11-15(19)8-9-17(14)18;/h2,4,6,8-11,18,20H,3,5,7,12,19H2,1H3;1H. The van der Waals surface area contributed by atoms with Gasteiger partial charge in [-0.15, -0.1) is 12.4 Å². The lowest BCUT2D eigenvalue weighted by atomic mass is 9.88. The molecule has 1 aliphatic rings. The first-order chi connectivity index (χ1) is 11.5. The molecule has 0 radical (unpaired) electrons. The van der Waals surface area contributed by atoms with E-state index >= 15 is 0 Å². The molecule has 1 atom stereocenters. The van der Waals surface area contributed by atoms with E-state index in [4.69, 9.17) is 10.5 Å². The number of nitrogens with two attached hydrogens (primary N) is 1. The largest absolute Gasteiger partial charge is 0.497 e. The molecule has 0 fully saturated rings. The molecule has 1 unspecified atom stereocenters. The van der Waals surface area contributed by atoms with Crippen LogP contribution in [0.5, 0.6) is 5.75 Å². The van der Waals surface area contributed by atoms with Crippen molar-refractivity contribution in [3.63, 3.8) is 0 Å². The molecule has 0 heterocycles. The Morgan fingerprint density at radius 1 is 1.24 bits per heavy atom. The van der Waals surface area contributed by atoms with Gasteiger partial charge in [0.25, 0.3) is 0 Å². The predicted molar refractivity (Wildman–Crippen MR) is 103 cm³/mol. The van der Waals surface area contributed by atoms with E-state index in [-0.39, 0.29) is 24.2 Å². The molecule has 0 bridgehead atoms. The summed E-state index contributed by atoms with van der Waals surface area (Å²) in [5.41, 5.74) is 9.42. The summed E-state index contributed by atoms with van der Waals surface area (Å²) in [4.78, 5) is 0. The first kappa shape index (κ1) is 19.6. The molecule has 0 saturated heterocycles. The Labute approximate surface area is 155 Å². The van der Waals surface area contributed by atoms with E-state index in [9.17, 15) is 8.42 Å². The highest BCUT2D eigenvalue weighted by Crippen LogP contribution is 2.31. The van der Waals surface area contributed by atoms with Gasteiger partial charge >= 0.3 is 0 Å². The van der Waals surface area contributed by atoms with Crippen LogP contribution in [0.4, 0.5) is 5.69 Å². The summed E-state index contributed by atoms with van der Waals surface area (Å²) in [5, 5.41) is 0. The highest BCUT2D eigenvalue weighted by atomic mass is 35.5. The molecule has 0 amide bonds. The Hall–Kier alpha value is -1.76. The van der Waals surface area contributed by atoms with Crippen LogP contribution in [0.3, 0.4) is 0 Å². The fourth-order valence-electron chi connectivity index (χ4n) is 3.20. The third-order valence-corrected chi connectivity index (χ3v) is 5.65. The molecule has 25 heavy (non-hydrogen) atoms. The van der Waals surface area contributed by atoms with Gasteiger partial charge in [-0.3, -0.25) is 0 Å². The Morgan fingerprint density at radius 3 is 2.80 bits per heavy atom. The topological polar surface area (TPSA) is 81.4 Å². The average Bonchev–Trinajstić information content (AvgIpc) is 2.54. The summed E-state index contributed by atoms with van der Waals surface area (Å²) in [6.45, 7) is 0. The summed E-state index contributed by atoms with van der Waals surface area (Å²) in [6, 6.07) is 12.6. The summed E-state index contributed by atoms with van der Waals surface area (Å²) in [6.07, 6.45) is 2.69. The maximum absolute atomic E-state index is 12.6. The number of anilines is 1. The van der Waals surface area contributed by atoms with E-state index in [2.05, 4.69) is 4.72 Å². The third kappa shape index (κ3) is 4.87. The number of sulfonamides is 1. The Balaban J connectivity index is 0.00000225. The number of aryl methyl sites for hydroxylation is 1. The number of benzene rings is 2. The van der Waals surface area contributed by atoms with Crippen LogP contribution in [-0.4, -0.2) is 15.5 Å². The van der Waals surface area contributed by atoms with Crippen molar-refractivity contribution in [1.29, 1.82) is 0 Å². The molecule has 0 spiro atoms. The zero-order chi connectivity index (χ0) is 17.2. The predicted octanol–water partition coefficient (Wildman–Crippen LogP) is 3.20. The van der Waals surface area contributed by atoms with Crippen molar-refractivity contribution >= 4 is 28.1 Å². The summed E-state index contributed by atoms with van der Waals surface area (Å²) in [7, 11) is -1.88. The molecule has 5 nitrogen and oxygen atoms in total. The summed E-state index contributed by atoms with van der Waals surface area (Å²) in [5.74, 6) is 0.589. The minimum absolute atomic E-state index is 0. The molecule has 3 N–H and O–H groups in total. The molecule has 3 rings (SSSR count). The first-order valence-corrected chi connectivity index (χ1v) is 9.63. The monoisotopic (exact) mass is 382 g/mol. The second kappa shape index (κ2) is 8.08. The van der Waals surface area contributed by atoms with Gasteiger partial charge in [-0.1, -0.05) is 18.2 Å². The van der Waals surface area contributed by atoms with Gasteiger partial charge in [-0.2, -0.15) is 0 Å². The molecule has 7 heteroatoms. The minimum Gasteiger partial charge on any atom is -0.497 e. The van der Waals surface area contributed by atoms with Gasteiger partial charge < -0.3 is 10.5 Å². The molecule has 2 aromatic carbocycles. The molecule has 0 aromatic heterocycles. The number of hydrogen-bond donors (Lipinski definition) is 2. The minimum atomic E-state index is -3.45. The average molecular weight is 383 g/mol. The second-order valence-electron chi connectivity index (χ2n) is 6.13. The fraction of sp³-hybridized carbons (Fsp3) is 0.333. The SMILES string of the molecule is COc1cccc(CS(=O)(=O)NC2CCCc3cc(N)ccc32)c1.Cl. The lowest BCUT2D eigenvalue weighted by Crippen LogP contribution is -2.32. The van der Waals surface area contributed by atoms with Crippen LogP contribution in [0, 0.1) is 0 Å². The molecule has 1 aliphatic carbocycles. The summed E-state index contributed by atoms with van der Waals surface area (Å²) >= 11 is 0. The number of fused-ring (bicyclic) bond motifs is 1. The number of rotatable bonds is 5. The van der Waals surface area contributed by atoms with Gasteiger partial charge in [0, 0.05) is 11.7 Å². The number of hydrogen-bond acceptors (Lipinski definition) is 4. The second-order valence-corrected chi connectivity index (χ2v) is 7.89. The van der Waals surface area contributed by atoms with Gasteiger partial charge in [0.2, 0.25) is 10.0 Å². The van der Waals surface area contributed by atoms with E-state index < -0.39 is 10.0 Å². The van der Waals surface area contributed by atoms with Crippen molar-refractivity contribution in [2.24, 2.45) is 0 Å². The molecular formula is C18H23ClN2O3S. The molecule has 0 saturated carbocycles. The zero-order valence-electron chi connectivity index (χ0n) is 14.1. The van der Waals surface area contributed by atoms with Crippen molar-refractivity contribution in [2.75, 3.05) is 12.8 Å². The molecule has 2 aromatic rings.